The van der Waals surface area contributed by atoms with Crippen molar-refractivity contribution in [3.8, 4) is 5.75 Å². The summed E-state index contributed by atoms with van der Waals surface area (Å²) in [7, 11) is 0. The molecule has 1 aliphatic heterocycles. The molecular weight excluding hydrogens is 394 g/mol. The van der Waals surface area contributed by atoms with Crippen molar-refractivity contribution in [1.29, 1.82) is 0 Å². The van der Waals surface area contributed by atoms with E-state index in [-0.39, 0.29) is 23.7 Å². The number of likely N-dealkylation sites (tertiary alicyclic amines) is 1. The first kappa shape index (κ1) is 22.7. The maximum absolute atomic E-state index is 13.0. The molecule has 1 atom stereocenters. The summed E-state index contributed by atoms with van der Waals surface area (Å²) < 4.78 is 11.1. The number of phenols is 1. The smallest absolute Gasteiger partial charge is 0.410 e. The Kier molecular flexibility index (Phi) is 7.21. The highest BCUT2D eigenvalue weighted by molar-refractivity contribution is 5.82. The van der Waals surface area contributed by atoms with Gasteiger partial charge in [0.25, 0.3) is 0 Å². The summed E-state index contributed by atoms with van der Waals surface area (Å²) in [6.07, 6.45) is 1.22. The molecule has 0 bridgehead atoms. The molecule has 2 aromatic rings. The Balaban J connectivity index is 1.59. The fourth-order valence-electron chi connectivity index (χ4n) is 3.71. The van der Waals surface area contributed by atoms with E-state index in [0.29, 0.717) is 25.3 Å². The van der Waals surface area contributed by atoms with Crippen LogP contribution in [-0.2, 0) is 14.3 Å². The van der Waals surface area contributed by atoms with E-state index in [1.54, 1.807) is 23.1 Å². The molecule has 166 valence electrons. The largest absolute Gasteiger partial charge is 0.508 e. The van der Waals surface area contributed by atoms with Gasteiger partial charge in [-0.1, -0.05) is 42.5 Å². The predicted molar refractivity (Wildman–Crippen MR) is 118 cm³/mol. The zero-order chi connectivity index (χ0) is 22.4. The van der Waals surface area contributed by atoms with E-state index >= 15 is 0 Å². The van der Waals surface area contributed by atoms with Crippen molar-refractivity contribution in [3.63, 3.8) is 0 Å². The number of phenolic OH excluding ortho intramolecular Hbond substituents is 1. The van der Waals surface area contributed by atoms with Crippen molar-refractivity contribution in [2.24, 2.45) is 5.92 Å². The van der Waals surface area contributed by atoms with Crippen LogP contribution in [0.3, 0.4) is 0 Å². The van der Waals surface area contributed by atoms with Crippen LogP contribution >= 0.6 is 0 Å². The number of hydrogen-bond acceptors (Lipinski definition) is 5. The second-order valence-electron chi connectivity index (χ2n) is 8.98. The summed E-state index contributed by atoms with van der Waals surface area (Å²) in [5.74, 6) is -0.634. The zero-order valence-electron chi connectivity index (χ0n) is 18.4. The lowest BCUT2D eigenvalue weighted by Gasteiger charge is -2.33. The van der Waals surface area contributed by atoms with Crippen LogP contribution in [0.2, 0.25) is 0 Å². The second-order valence-corrected chi connectivity index (χ2v) is 8.98. The molecule has 31 heavy (non-hydrogen) atoms. The van der Waals surface area contributed by atoms with Gasteiger partial charge in [0.05, 0.1) is 6.61 Å². The van der Waals surface area contributed by atoms with Gasteiger partial charge in [0.2, 0.25) is 0 Å². The van der Waals surface area contributed by atoms with E-state index in [1.165, 1.54) is 0 Å². The summed E-state index contributed by atoms with van der Waals surface area (Å²) in [6, 6.07) is 16.1. The predicted octanol–water partition coefficient (Wildman–Crippen LogP) is 4.71. The quantitative estimate of drug-likeness (QED) is 0.702. The number of esters is 1. The first-order chi connectivity index (χ1) is 14.7. The third-order valence-electron chi connectivity index (χ3n) is 5.30. The SMILES string of the molecule is CC(C)(C)OC(=O)N1CCC(COC(=O)C(c2ccccc2)c2cccc(O)c2)CC1. The van der Waals surface area contributed by atoms with Crippen molar-refractivity contribution < 1.29 is 24.2 Å². The van der Waals surface area contributed by atoms with Crippen LogP contribution < -0.4 is 0 Å². The molecule has 2 aromatic carbocycles. The zero-order valence-corrected chi connectivity index (χ0v) is 18.4. The second kappa shape index (κ2) is 9.86. The Morgan fingerprint density at radius 3 is 2.29 bits per heavy atom. The van der Waals surface area contributed by atoms with Gasteiger partial charge in [-0.25, -0.2) is 4.79 Å². The molecule has 1 amide bonds. The van der Waals surface area contributed by atoms with Crippen molar-refractivity contribution in [2.45, 2.75) is 45.1 Å². The highest BCUT2D eigenvalue weighted by Crippen LogP contribution is 2.29. The molecule has 0 spiro atoms. The lowest BCUT2D eigenvalue weighted by atomic mass is 9.91. The van der Waals surface area contributed by atoms with Gasteiger partial charge in [0.15, 0.2) is 0 Å². The third kappa shape index (κ3) is 6.48. The monoisotopic (exact) mass is 425 g/mol. The lowest BCUT2D eigenvalue weighted by Crippen LogP contribution is -2.42. The molecule has 0 aromatic heterocycles. The van der Waals surface area contributed by atoms with Gasteiger partial charge < -0.3 is 19.5 Å². The molecule has 1 heterocycles. The average Bonchev–Trinajstić information content (AvgIpc) is 2.72. The highest BCUT2D eigenvalue weighted by Gasteiger charge is 2.29. The summed E-state index contributed by atoms with van der Waals surface area (Å²) in [5.41, 5.74) is 0.996. The Labute approximate surface area is 183 Å². The van der Waals surface area contributed by atoms with Crippen LogP contribution in [0.25, 0.3) is 0 Å². The van der Waals surface area contributed by atoms with Gasteiger partial charge in [0, 0.05) is 13.1 Å². The number of aromatic hydroxyl groups is 1. The van der Waals surface area contributed by atoms with E-state index < -0.39 is 11.5 Å². The summed E-state index contributed by atoms with van der Waals surface area (Å²) >= 11 is 0. The van der Waals surface area contributed by atoms with Crippen LogP contribution in [-0.4, -0.2) is 47.4 Å². The molecule has 3 rings (SSSR count). The van der Waals surface area contributed by atoms with Gasteiger partial charge in [-0.3, -0.25) is 4.79 Å². The minimum absolute atomic E-state index is 0.112. The molecule has 1 saturated heterocycles. The van der Waals surface area contributed by atoms with Crippen LogP contribution in [0, 0.1) is 5.92 Å². The van der Waals surface area contributed by atoms with E-state index in [1.807, 2.05) is 57.2 Å². The third-order valence-corrected chi connectivity index (χ3v) is 5.30. The van der Waals surface area contributed by atoms with E-state index in [0.717, 1.165) is 18.4 Å². The number of nitrogens with zero attached hydrogens (tertiary/aromatic N) is 1. The number of carbonyl (C=O) groups is 2. The topological polar surface area (TPSA) is 76.1 Å². The molecule has 1 aliphatic rings. The van der Waals surface area contributed by atoms with Gasteiger partial charge in [-0.05, 0) is 62.8 Å². The number of piperidine rings is 1. The first-order valence-electron chi connectivity index (χ1n) is 10.7. The lowest BCUT2D eigenvalue weighted by molar-refractivity contribution is -0.146. The Morgan fingerprint density at radius 2 is 1.68 bits per heavy atom. The van der Waals surface area contributed by atoms with Crippen molar-refractivity contribution in [3.05, 3.63) is 65.7 Å². The van der Waals surface area contributed by atoms with Gasteiger partial charge >= 0.3 is 12.1 Å². The fourth-order valence-corrected chi connectivity index (χ4v) is 3.71. The number of benzene rings is 2. The summed E-state index contributed by atoms with van der Waals surface area (Å²) in [6.45, 7) is 7.05. The molecule has 0 aliphatic carbocycles. The summed E-state index contributed by atoms with van der Waals surface area (Å²) in [5, 5.41) is 9.87. The van der Waals surface area contributed by atoms with Crippen molar-refractivity contribution in [1.82, 2.24) is 4.90 Å². The fraction of sp³-hybridized carbons (Fsp3) is 0.440. The average molecular weight is 426 g/mol. The standard InChI is InChI=1S/C25H31NO5/c1-25(2,3)31-24(29)26-14-12-18(13-15-26)17-30-23(28)22(19-8-5-4-6-9-19)20-10-7-11-21(27)16-20/h4-11,16,18,22,27H,12-15,17H2,1-3H3. The normalized spacial score (nSPS) is 15.9. The van der Waals surface area contributed by atoms with E-state index in [4.69, 9.17) is 9.47 Å². The molecule has 6 heteroatoms. The van der Waals surface area contributed by atoms with Gasteiger partial charge in [-0.15, -0.1) is 0 Å². The van der Waals surface area contributed by atoms with E-state index in [2.05, 4.69) is 0 Å². The minimum Gasteiger partial charge on any atom is -0.508 e. The minimum atomic E-state index is -0.602. The van der Waals surface area contributed by atoms with Crippen LogP contribution in [0.1, 0.15) is 50.7 Å². The van der Waals surface area contributed by atoms with Gasteiger partial charge in [0.1, 0.15) is 17.3 Å². The maximum Gasteiger partial charge on any atom is 0.410 e. The highest BCUT2D eigenvalue weighted by atomic mass is 16.6. The molecule has 1 unspecified atom stereocenters. The molecule has 1 fully saturated rings. The Bertz CT molecular complexity index is 882. The van der Waals surface area contributed by atoms with Crippen LogP contribution in [0.15, 0.2) is 54.6 Å². The molecule has 0 saturated carbocycles. The number of ether oxygens (including phenoxy) is 2. The number of carbonyl (C=O) groups excluding carboxylic acids is 2. The number of rotatable bonds is 5. The van der Waals surface area contributed by atoms with Crippen molar-refractivity contribution >= 4 is 12.1 Å². The van der Waals surface area contributed by atoms with Crippen LogP contribution in [0.5, 0.6) is 5.75 Å². The van der Waals surface area contributed by atoms with Crippen LogP contribution in [0.4, 0.5) is 4.79 Å². The first-order valence-corrected chi connectivity index (χ1v) is 10.7. The maximum atomic E-state index is 13.0. The molecular formula is C25H31NO5. The number of hydrogen-bond donors (Lipinski definition) is 1. The van der Waals surface area contributed by atoms with Gasteiger partial charge in [-0.2, -0.15) is 0 Å². The molecule has 6 nitrogen and oxygen atoms in total. The molecule has 1 N–H and O–H groups in total. The van der Waals surface area contributed by atoms with E-state index in [9.17, 15) is 14.7 Å². The number of amides is 1. The van der Waals surface area contributed by atoms with Crippen molar-refractivity contribution in [2.75, 3.05) is 19.7 Å². The summed E-state index contributed by atoms with van der Waals surface area (Å²) in [4.78, 5) is 27.0. The Hall–Kier alpha value is -3.02. The molecule has 0 radical (unpaired) electrons. The Morgan fingerprint density at radius 1 is 1.03 bits per heavy atom.